The maximum Gasteiger partial charge on any atom is 0.265 e. The summed E-state index contributed by atoms with van der Waals surface area (Å²) in [7, 11) is -3.85. The van der Waals surface area contributed by atoms with Crippen molar-refractivity contribution in [3.05, 3.63) is 22.7 Å². The number of sulfonamides is 1. The van der Waals surface area contributed by atoms with E-state index in [1.807, 2.05) is 0 Å². The number of anilines is 2. The van der Waals surface area contributed by atoms with E-state index in [9.17, 15) is 8.42 Å². The molecular weight excluding hydrogens is 298 g/mol. The Morgan fingerprint density at radius 3 is 2.78 bits per heavy atom. The molecule has 0 aliphatic heterocycles. The Bertz CT molecular complexity index is 671. The first-order chi connectivity index (χ1) is 8.40. The van der Waals surface area contributed by atoms with Crippen molar-refractivity contribution in [3.8, 4) is 0 Å². The molecular formula is C8H8ClN5O2S2. The lowest BCUT2D eigenvalue weighted by atomic mass is 10.2. The van der Waals surface area contributed by atoms with Gasteiger partial charge in [0.15, 0.2) is 0 Å². The molecule has 1 aromatic heterocycles. The molecule has 0 aliphatic carbocycles. The summed E-state index contributed by atoms with van der Waals surface area (Å²) < 4.78 is 29.8. The minimum Gasteiger partial charge on any atom is -0.398 e. The fourth-order valence-electron chi connectivity index (χ4n) is 1.22. The Kier molecular flexibility index (Phi) is 3.37. The third kappa shape index (κ3) is 2.52. The quantitative estimate of drug-likeness (QED) is 0.826. The number of hydrogen-bond donors (Lipinski definition) is 2. The minimum atomic E-state index is -3.85. The largest absolute Gasteiger partial charge is 0.398 e. The molecule has 7 nitrogen and oxygen atoms in total. The molecule has 0 saturated heterocycles. The first-order valence-electron chi connectivity index (χ1n) is 4.63. The summed E-state index contributed by atoms with van der Waals surface area (Å²) in [6.07, 6.45) is 0. The summed E-state index contributed by atoms with van der Waals surface area (Å²) in [4.78, 5) is -0.109. The summed E-state index contributed by atoms with van der Waals surface area (Å²) >= 11 is 6.72. The maximum atomic E-state index is 12.0. The van der Waals surface area contributed by atoms with Crippen molar-refractivity contribution in [2.75, 3.05) is 10.5 Å². The van der Waals surface area contributed by atoms with Gasteiger partial charge in [0.05, 0.1) is 5.02 Å². The number of nitrogen functional groups attached to an aromatic ring is 1. The summed E-state index contributed by atoms with van der Waals surface area (Å²) in [6.45, 7) is 1.74. The molecule has 0 radical (unpaired) electrons. The zero-order valence-electron chi connectivity index (χ0n) is 9.08. The second-order valence-electron chi connectivity index (χ2n) is 3.41. The van der Waals surface area contributed by atoms with E-state index in [2.05, 4.69) is 19.5 Å². The Morgan fingerprint density at radius 1 is 1.44 bits per heavy atom. The second kappa shape index (κ2) is 4.67. The first-order valence-corrected chi connectivity index (χ1v) is 7.27. The van der Waals surface area contributed by atoms with E-state index in [1.54, 1.807) is 6.92 Å². The number of nitrogens with zero attached hydrogens (tertiary/aromatic N) is 3. The highest BCUT2D eigenvalue weighted by Gasteiger charge is 2.20. The lowest BCUT2D eigenvalue weighted by Crippen LogP contribution is -2.14. The lowest BCUT2D eigenvalue weighted by Gasteiger charge is -2.09. The van der Waals surface area contributed by atoms with Gasteiger partial charge in [0.1, 0.15) is 4.90 Å². The van der Waals surface area contributed by atoms with Gasteiger partial charge in [-0.3, -0.25) is 4.72 Å². The van der Waals surface area contributed by atoms with Gasteiger partial charge in [-0.1, -0.05) is 21.2 Å². The zero-order chi connectivity index (χ0) is 13.3. The van der Waals surface area contributed by atoms with Crippen molar-refractivity contribution in [2.24, 2.45) is 0 Å². The van der Waals surface area contributed by atoms with Crippen LogP contribution in [0.15, 0.2) is 17.0 Å². The van der Waals surface area contributed by atoms with E-state index in [-0.39, 0.29) is 15.0 Å². The van der Waals surface area contributed by atoms with Gasteiger partial charge >= 0.3 is 0 Å². The molecule has 18 heavy (non-hydrogen) atoms. The number of benzene rings is 1. The molecule has 0 amide bonds. The van der Waals surface area contributed by atoms with Gasteiger partial charge in [-0.15, -0.1) is 0 Å². The van der Waals surface area contributed by atoms with Crippen molar-refractivity contribution in [1.82, 2.24) is 14.8 Å². The first kappa shape index (κ1) is 13.0. The van der Waals surface area contributed by atoms with E-state index in [0.717, 1.165) is 11.5 Å². The van der Waals surface area contributed by atoms with Gasteiger partial charge in [-0.05, 0) is 29.8 Å². The lowest BCUT2D eigenvalue weighted by molar-refractivity contribution is 0.601. The van der Waals surface area contributed by atoms with Gasteiger partial charge in [0, 0.05) is 17.2 Å². The monoisotopic (exact) mass is 305 g/mol. The Hall–Kier alpha value is -1.45. The van der Waals surface area contributed by atoms with Gasteiger partial charge in [-0.2, -0.15) is 0 Å². The standard InChI is InChI=1S/C8H8ClN5O2S2/c1-4-2-5(9)7(3-6(4)10)18(15,16)12-8-11-13-14-17-8/h2-3H,10H2,1H3,(H,11,12,14). The van der Waals surface area contributed by atoms with Crippen LogP contribution >= 0.6 is 23.1 Å². The van der Waals surface area contributed by atoms with Crippen LogP contribution in [0.25, 0.3) is 0 Å². The van der Waals surface area contributed by atoms with E-state index in [4.69, 9.17) is 17.3 Å². The highest BCUT2D eigenvalue weighted by molar-refractivity contribution is 7.93. The number of nitrogens with two attached hydrogens (primary N) is 1. The summed E-state index contributed by atoms with van der Waals surface area (Å²) in [5.74, 6) is 0. The molecule has 0 spiro atoms. The van der Waals surface area contributed by atoms with Gasteiger partial charge < -0.3 is 5.73 Å². The van der Waals surface area contributed by atoms with Crippen LogP contribution in [-0.4, -0.2) is 23.2 Å². The van der Waals surface area contributed by atoms with Crippen molar-refractivity contribution in [1.29, 1.82) is 0 Å². The van der Waals surface area contributed by atoms with Crippen LogP contribution in [0.3, 0.4) is 0 Å². The SMILES string of the molecule is Cc1cc(Cl)c(S(=O)(=O)Nc2nnns2)cc1N. The smallest absolute Gasteiger partial charge is 0.265 e. The average Bonchev–Trinajstić information content (AvgIpc) is 2.75. The topological polar surface area (TPSA) is 111 Å². The summed E-state index contributed by atoms with van der Waals surface area (Å²) in [5.41, 5.74) is 6.72. The van der Waals surface area contributed by atoms with Crippen LogP contribution in [0.4, 0.5) is 10.8 Å². The van der Waals surface area contributed by atoms with Crippen molar-refractivity contribution >= 4 is 44.0 Å². The maximum absolute atomic E-state index is 12.0. The molecule has 2 rings (SSSR count). The molecule has 3 N–H and O–H groups in total. The molecule has 1 heterocycles. The summed E-state index contributed by atoms with van der Waals surface area (Å²) in [6, 6.07) is 2.79. The van der Waals surface area contributed by atoms with Crippen LogP contribution in [0.5, 0.6) is 0 Å². The Labute approximate surface area is 112 Å². The molecule has 0 aliphatic rings. The predicted molar refractivity (Wildman–Crippen MR) is 69.1 cm³/mol. The number of halogens is 1. The van der Waals surface area contributed by atoms with Crippen LogP contribution < -0.4 is 10.5 Å². The van der Waals surface area contributed by atoms with E-state index in [0.29, 0.717) is 11.3 Å². The number of hydrogen-bond acceptors (Lipinski definition) is 7. The number of aryl methyl sites for hydroxylation is 1. The Morgan fingerprint density at radius 2 is 2.17 bits per heavy atom. The van der Waals surface area contributed by atoms with Crippen molar-refractivity contribution < 1.29 is 8.42 Å². The number of rotatable bonds is 3. The average molecular weight is 306 g/mol. The molecule has 0 unspecified atom stereocenters. The van der Waals surface area contributed by atoms with Crippen LogP contribution in [0.2, 0.25) is 5.02 Å². The predicted octanol–water partition coefficient (Wildman–Crippen LogP) is 1.28. The minimum absolute atomic E-state index is 0.0604. The molecule has 96 valence electrons. The third-order valence-electron chi connectivity index (χ3n) is 2.13. The molecule has 0 atom stereocenters. The fourth-order valence-corrected chi connectivity index (χ4v) is 3.42. The van der Waals surface area contributed by atoms with Crippen LogP contribution in [-0.2, 0) is 10.0 Å². The number of aromatic nitrogens is 3. The van der Waals surface area contributed by atoms with E-state index < -0.39 is 10.0 Å². The normalized spacial score (nSPS) is 11.4. The fraction of sp³-hybridized carbons (Fsp3) is 0.125. The molecule has 10 heteroatoms. The van der Waals surface area contributed by atoms with Gasteiger partial charge in [0.25, 0.3) is 10.0 Å². The zero-order valence-corrected chi connectivity index (χ0v) is 11.5. The van der Waals surface area contributed by atoms with Crippen LogP contribution in [0.1, 0.15) is 5.56 Å². The molecule has 0 fully saturated rings. The molecule has 0 bridgehead atoms. The highest BCUT2D eigenvalue weighted by atomic mass is 35.5. The number of nitrogens with one attached hydrogen (secondary N) is 1. The van der Waals surface area contributed by atoms with E-state index in [1.165, 1.54) is 12.1 Å². The van der Waals surface area contributed by atoms with Crippen molar-refractivity contribution in [3.63, 3.8) is 0 Å². The molecule has 0 saturated carbocycles. The molecule has 2 aromatic rings. The summed E-state index contributed by atoms with van der Waals surface area (Å²) in [5, 5.41) is 6.93. The van der Waals surface area contributed by atoms with E-state index >= 15 is 0 Å². The van der Waals surface area contributed by atoms with Crippen LogP contribution in [0, 0.1) is 6.92 Å². The highest BCUT2D eigenvalue weighted by Crippen LogP contribution is 2.28. The molecule has 1 aromatic carbocycles. The van der Waals surface area contributed by atoms with Crippen molar-refractivity contribution in [2.45, 2.75) is 11.8 Å². The van der Waals surface area contributed by atoms with Gasteiger partial charge in [0.2, 0.25) is 5.13 Å². The van der Waals surface area contributed by atoms with Gasteiger partial charge in [-0.25, -0.2) is 8.42 Å². The Balaban J connectivity index is 2.44. The second-order valence-corrected chi connectivity index (χ2v) is 6.20. The third-order valence-corrected chi connectivity index (χ3v) is 4.58.